The van der Waals surface area contributed by atoms with Crippen molar-refractivity contribution in [1.82, 2.24) is 0 Å². The highest BCUT2D eigenvalue weighted by Crippen LogP contribution is 2.19. The van der Waals surface area contributed by atoms with E-state index >= 15 is 0 Å². The number of rotatable bonds is 1. The molecule has 0 unspecified atom stereocenters. The minimum Gasteiger partial charge on any atom is -0.323 e. The predicted octanol–water partition coefficient (Wildman–Crippen LogP) is 2.03. The fourth-order valence-electron chi connectivity index (χ4n) is 0.733. The van der Waals surface area contributed by atoms with E-state index in [0.29, 0.717) is 11.3 Å². The molecule has 3 N–H and O–H groups in total. The molecule has 0 spiro atoms. The molecule has 1 aromatic rings. The Morgan fingerprint density at radius 1 is 1.50 bits per heavy atom. The van der Waals surface area contributed by atoms with Gasteiger partial charge in [0.25, 0.3) is 0 Å². The molecule has 0 heterocycles. The summed E-state index contributed by atoms with van der Waals surface area (Å²) >= 11 is 3.26. The molecule has 64 valence electrons. The summed E-state index contributed by atoms with van der Waals surface area (Å²) < 4.78 is 0.893. The maximum absolute atomic E-state index is 8.58. The molecule has 0 saturated heterocycles. The Bertz CT molecular complexity index is 308. The van der Waals surface area contributed by atoms with Crippen molar-refractivity contribution >= 4 is 34.0 Å². The minimum atomic E-state index is 0. The van der Waals surface area contributed by atoms with Crippen molar-refractivity contribution in [3.63, 3.8) is 0 Å². The van der Waals surface area contributed by atoms with Crippen molar-refractivity contribution in [1.29, 1.82) is 5.26 Å². The Balaban J connectivity index is 0.00000121. The Morgan fingerprint density at radius 2 is 2.17 bits per heavy atom. The van der Waals surface area contributed by atoms with Crippen molar-refractivity contribution in [3.8, 4) is 6.07 Å². The van der Waals surface area contributed by atoms with E-state index in [-0.39, 0.29) is 12.4 Å². The molecule has 5 heteroatoms. The van der Waals surface area contributed by atoms with E-state index in [1.54, 1.807) is 18.2 Å². The van der Waals surface area contributed by atoms with Gasteiger partial charge in [-0.15, -0.1) is 12.4 Å². The van der Waals surface area contributed by atoms with Gasteiger partial charge in [-0.1, -0.05) is 15.9 Å². The van der Waals surface area contributed by atoms with Crippen LogP contribution in [0, 0.1) is 11.3 Å². The molecule has 0 aliphatic rings. The number of anilines is 1. The van der Waals surface area contributed by atoms with Gasteiger partial charge in [0.1, 0.15) is 6.07 Å². The van der Waals surface area contributed by atoms with Crippen molar-refractivity contribution in [2.75, 3.05) is 5.43 Å². The average molecular weight is 249 g/mol. The fourth-order valence-corrected chi connectivity index (χ4v) is 1.09. The second-order valence-electron chi connectivity index (χ2n) is 1.95. The smallest absolute Gasteiger partial charge is 0.101 e. The van der Waals surface area contributed by atoms with Crippen LogP contribution in [0.4, 0.5) is 5.69 Å². The van der Waals surface area contributed by atoms with E-state index < -0.39 is 0 Å². The lowest BCUT2D eigenvalue weighted by Gasteiger charge is -2.01. The lowest BCUT2D eigenvalue weighted by molar-refractivity contribution is 1.33. The van der Waals surface area contributed by atoms with Crippen molar-refractivity contribution in [3.05, 3.63) is 28.2 Å². The number of benzene rings is 1. The van der Waals surface area contributed by atoms with E-state index in [1.165, 1.54) is 0 Å². The van der Waals surface area contributed by atoms with Crippen LogP contribution < -0.4 is 11.3 Å². The summed E-state index contributed by atoms with van der Waals surface area (Å²) in [6, 6.07) is 7.24. The number of nitrogens with zero attached hydrogens (tertiary/aromatic N) is 1. The second kappa shape index (κ2) is 4.99. The third-order valence-electron chi connectivity index (χ3n) is 1.26. The van der Waals surface area contributed by atoms with Crippen LogP contribution in [0.5, 0.6) is 0 Å². The van der Waals surface area contributed by atoms with Gasteiger partial charge in [-0.25, -0.2) is 0 Å². The molecule has 0 amide bonds. The van der Waals surface area contributed by atoms with Crippen LogP contribution in [-0.4, -0.2) is 0 Å². The molecule has 0 fully saturated rings. The highest BCUT2D eigenvalue weighted by molar-refractivity contribution is 9.10. The number of hydrazine groups is 1. The summed E-state index contributed by atoms with van der Waals surface area (Å²) in [5.41, 5.74) is 3.60. The highest BCUT2D eigenvalue weighted by atomic mass is 79.9. The van der Waals surface area contributed by atoms with E-state index in [1.807, 2.05) is 6.07 Å². The van der Waals surface area contributed by atoms with Crippen LogP contribution >= 0.6 is 28.3 Å². The van der Waals surface area contributed by atoms with Crippen molar-refractivity contribution in [2.45, 2.75) is 0 Å². The lowest BCUT2D eigenvalue weighted by atomic mass is 10.2. The molecule has 1 rings (SSSR count). The van der Waals surface area contributed by atoms with Gasteiger partial charge >= 0.3 is 0 Å². The Labute approximate surface area is 85.1 Å². The molecule has 0 aromatic heterocycles. The number of nitrogens with one attached hydrogen (secondary N) is 1. The summed E-state index contributed by atoms with van der Waals surface area (Å²) in [7, 11) is 0. The summed E-state index contributed by atoms with van der Waals surface area (Å²) in [6.07, 6.45) is 0. The van der Waals surface area contributed by atoms with Crippen LogP contribution in [-0.2, 0) is 0 Å². The average Bonchev–Trinajstić information content (AvgIpc) is 2.04. The van der Waals surface area contributed by atoms with Crippen LogP contribution in [0.3, 0.4) is 0 Å². The van der Waals surface area contributed by atoms with Gasteiger partial charge in [-0.3, -0.25) is 5.84 Å². The molecular formula is C7H7BrClN3. The van der Waals surface area contributed by atoms with Gasteiger partial charge in [0.15, 0.2) is 0 Å². The van der Waals surface area contributed by atoms with Gasteiger partial charge in [0, 0.05) is 4.47 Å². The molecule has 12 heavy (non-hydrogen) atoms. The zero-order chi connectivity index (χ0) is 8.27. The maximum atomic E-state index is 8.58. The Hall–Kier alpha value is -0.760. The van der Waals surface area contributed by atoms with Gasteiger partial charge < -0.3 is 5.43 Å². The van der Waals surface area contributed by atoms with Crippen molar-refractivity contribution < 1.29 is 0 Å². The van der Waals surface area contributed by atoms with Crippen LogP contribution in [0.1, 0.15) is 5.56 Å². The molecule has 0 radical (unpaired) electrons. The van der Waals surface area contributed by atoms with Crippen LogP contribution in [0.25, 0.3) is 0 Å². The topological polar surface area (TPSA) is 61.8 Å². The van der Waals surface area contributed by atoms with Gasteiger partial charge in [-0.05, 0) is 18.2 Å². The maximum Gasteiger partial charge on any atom is 0.101 e. The predicted molar refractivity (Wildman–Crippen MR) is 53.9 cm³/mol. The van der Waals surface area contributed by atoms with E-state index in [2.05, 4.69) is 21.4 Å². The molecule has 0 bridgehead atoms. The zero-order valence-electron chi connectivity index (χ0n) is 6.04. The molecule has 1 aromatic carbocycles. The monoisotopic (exact) mass is 247 g/mol. The van der Waals surface area contributed by atoms with Crippen LogP contribution in [0.15, 0.2) is 22.7 Å². The normalized spacial score (nSPS) is 8.08. The van der Waals surface area contributed by atoms with Gasteiger partial charge in [0.05, 0.1) is 11.3 Å². The quantitative estimate of drug-likeness (QED) is 0.590. The first-order valence-electron chi connectivity index (χ1n) is 2.94. The first kappa shape index (κ1) is 11.2. The van der Waals surface area contributed by atoms with E-state index in [0.717, 1.165) is 4.47 Å². The molecule has 0 aliphatic heterocycles. The third-order valence-corrected chi connectivity index (χ3v) is 1.75. The SMILES string of the molecule is Cl.N#Cc1ccc(Br)cc1NN. The molecule has 0 atom stereocenters. The van der Waals surface area contributed by atoms with Crippen molar-refractivity contribution in [2.24, 2.45) is 5.84 Å². The Morgan fingerprint density at radius 3 is 2.67 bits per heavy atom. The largest absolute Gasteiger partial charge is 0.323 e. The summed E-state index contributed by atoms with van der Waals surface area (Å²) in [5.74, 6) is 5.17. The minimum absolute atomic E-state index is 0. The molecule has 3 nitrogen and oxygen atoms in total. The molecular weight excluding hydrogens is 241 g/mol. The number of nitriles is 1. The number of hydrogen-bond donors (Lipinski definition) is 2. The summed E-state index contributed by atoms with van der Waals surface area (Å²) in [5, 5.41) is 8.58. The lowest BCUT2D eigenvalue weighted by Crippen LogP contribution is -2.08. The second-order valence-corrected chi connectivity index (χ2v) is 2.86. The third kappa shape index (κ3) is 2.38. The summed E-state index contributed by atoms with van der Waals surface area (Å²) in [4.78, 5) is 0. The van der Waals surface area contributed by atoms with E-state index in [9.17, 15) is 0 Å². The molecule has 0 saturated carbocycles. The number of nitrogen functional groups attached to an aromatic ring is 1. The first-order chi connectivity index (χ1) is 5.27. The van der Waals surface area contributed by atoms with E-state index in [4.69, 9.17) is 11.1 Å². The Kier molecular flexibility index (Phi) is 4.67. The fraction of sp³-hybridized carbons (Fsp3) is 0. The number of nitrogens with two attached hydrogens (primary N) is 1. The molecule has 0 aliphatic carbocycles. The number of hydrogen-bond acceptors (Lipinski definition) is 3. The van der Waals surface area contributed by atoms with Crippen LogP contribution in [0.2, 0.25) is 0 Å². The standard InChI is InChI=1S/C7H6BrN3.ClH/c8-6-2-1-5(4-9)7(3-6)11-10;/h1-3,11H,10H2;1H. The highest BCUT2D eigenvalue weighted by Gasteiger charge is 1.98. The van der Waals surface area contributed by atoms with Gasteiger partial charge in [0.2, 0.25) is 0 Å². The summed E-state index contributed by atoms with van der Waals surface area (Å²) in [6.45, 7) is 0. The van der Waals surface area contributed by atoms with Gasteiger partial charge in [-0.2, -0.15) is 5.26 Å². The number of halogens is 2. The first-order valence-corrected chi connectivity index (χ1v) is 3.73. The zero-order valence-corrected chi connectivity index (χ0v) is 8.45.